The second-order valence-corrected chi connectivity index (χ2v) is 8.74. The first-order chi connectivity index (χ1) is 16.2. The molecule has 0 saturated carbocycles. The Morgan fingerprint density at radius 2 is 1.85 bits per heavy atom. The summed E-state index contributed by atoms with van der Waals surface area (Å²) in [7, 11) is 0. The molecule has 10 heteroatoms. The maximum atomic E-state index is 12.8. The molecule has 0 aliphatic carbocycles. The van der Waals surface area contributed by atoms with Crippen molar-refractivity contribution in [3.8, 4) is 0 Å². The summed E-state index contributed by atoms with van der Waals surface area (Å²) in [6, 6.07) is 13.9. The molecular weight excluding hydrogens is 469 g/mol. The second-order valence-electron chi connectivity index (χ2n) is 7.80. The predicted octanol–water partition coefficient (Wildman–Crippen LogP) is 4.48. The number of carbonyl (C=O) groups excluding carboxylic acids is 2. The molecule has 0 bridgehead atoms. The average molecular weight is 491 g/mol. The maximum Gasteiger partial charge on any atom is 0.416 e. The van der Waals surface area contributed by atoms with Gasteiger partial charge in [0, 0.05) is 12.2 Å². The van der Waals surface area contributed by atoms with Crippen LogP contribution < -0.4 is 5.32 Å². The van der Waals surface area contributed by atoms with Crippen molar-refractivity contribution in [2.45, 2.75) is 24.9 Å². The van der Waals surface area contributed by atoms with E-state index in [-0.39, 0.29) is 31.6 Å². The highest BCUT2D eigenvalue weighted by Gasteiger charge is 2.35. The van der Waals surface area contributed by atoms with Crippen LogP contribution in [0.15, 0.2) is 66.0 Å². The lowest BCUT2D eigenvalue weighted by Gasteiger charge is -2.38. The largest absolute Gasteiger partial charge is 0.416 e. The van der Waals surface area contributed by atoms with Gasteiger partial charge in [0.15, 0.2) is 0 Å². The van der Waals surface area contributed by atoms with E-state index in [0.717, 1.165) is 12.1 Å². The molecule has 0 spiro atoms. The van der Waals surface area contributed by atoms with Gasteiger partial charge in [-0.15, -0.1) is 11.3 Å². The van der Waals surface area contributed by atoms with Gasteiger partial charge in [0.2, 0.25) is 5.91 Å². The van der Waals surface area contributed by atoms with Crippen molar-refractivity contribution in [3.05, 3.63) is 87.6 Å². The number of halogens is 3. The number of anilines is 1. The highest BCUT2D eigenvalue weighted by Crippen LogP contribution is 2.30. The molecule has 34 heavy (non-hydrogen) atoms. The third-order valence-electron chi connectivity index (χ3n) is 5.49. The van der Waals surface area contributed by atoms with Gasteiger partial charge in [0.25, 0.3) is 5.91 Å². The number of amides is 2. The van der Waals surface area contributed by atoms with E-state index in [1.165, 1.54) is 28.4 Å². The van der Waals surface area contributed by atoms with Gasteiger partial charge in [-0.25, -0.2) is 0 Å². The Morgan fingerprint density at radius 3 is 2.47 bits per heavy atom. The average Bonchev–Trinajstić information content (AvgIpc) is 3.35. The van der Waals surface area contributed by atoms with Crippen LogP contribution in [-0.2, 0) is 22.3 Å². The number of thiophene rings is 1. The zero-order valence-electron chi connectivity index (χ0n) is 17.8. The van der Waals surface area contributed by atoms with E-state index in [4.69, 9.17) is 4.74 Å². The minimum absolute atomic E-state index is 0.0387. The summed E-state index contributed by atoms with van der Waals surface area (Å²) < 4.78 is 43.8. The van der Waals surface area contributed by atoms with Gasteiger partial charge < -0.3 is 20.1 Å². The van der Waals surface area contributed by atoms with E-state index >= 15 is 0 Å². The van der Waals surface area contributed by atoms with E-state index in [2.05, 4.69) is 5.32 Å². The summed E-state index contributed by atoms with van der Waals surface area (Å²) >= 11 is 1.32. The zero-order valence-corrected chi connectivity index (χ0v) is 18.6. The smallest absolute Gasteiger partial charge is 0.386 e. The molecule has 2 atom stereocenters. The molecule has 2 N–H and O–H groups in total. The molecule has 3 aromatic rings. The summed E-state index contributed by atoms with van der Waals surface area (Å²) in [4.78, 5) is 26.7. The van der Waals surface area contributed by atoms with Crippen molar-refractivity contribution in [2.75, 3.05) is 18.5 Å². The third kappa shape index (κ3) is 5.46. The predicted molar refractivity (Wildman–Crippen MR) is 120 cm³/mol. The fourth-order valence-corrected chi connectivity index (χ4v) is 4.29. The molecule has 1 aliphatic rings. The molecule has 0 radical (unpaired) electrons. The molecule has 2 heterocycles. The maximum absolute atomic E-state index is 12.8. The Hall–Kier alpha value is -3.21. The number of nitrogens with one attached hydrogen (secondary N) is 1. The number of ether oxygens (including phenoxy) is 1. The van der Waals surface area contributed by atoms with Crippen LogP contribution in [0.3, 0.4) is 0 Å². The Kier molecular flexibility index (Phi) is 7.01. The number of alkyl halides is 3. The van der Waals surface area contributed by atoms with Crippen LogP contribution in [0.1, 0.15) is 32.5 Å². The first-order valence-electron chi connectivity index (χ1n) is 10.4. The van der Waals surface area contributed by atoms with Crippen molar-refractivity contribution >= 4 is 28.8 Å². The number of aliphatic hydroxyl groups excluding tert-OH is 1. The number of aliphatic hydroxyl groups is 1. The van der Waals surface area contributed by atoms with Crippen molar-refractivity contribution in [3.63, 3.8) is 0 Å². The minimum atomic E-state index is -4.44. The van der Waals surface area contributed by atoms with Gasteiger partial charge in [-0.05, 0) is 46.8 Å². The Bertz CT molecular complexity index is 1130. The van der Waals surface area contributed by atoms with Gasteiger partial charge in [-0.3, -0.25) is 9.59 Å². The number of hydrogen-bond acceptors (Lipinski definition) is 5. The van der Waals surface area contributed by atoms with E-state index < -0.39 is 23.9 Å². The van der Waals surface area contributed by atoms with Crippen molar-refractivity contribution in [1.82, 2.24) is 4.90 Å². The summed E-state index contributed by atoms with van der Waals surface area (Å²) in [6.45, 7) is -0.0566. The molecule has 6 nitrogen and oxygen atoms in total. The van der Waals surface area contributed by atoms with Crippen LogP contribution >= 0.6 is 11.3 Å². The number of hydrogen-bond donors (Lipinski definition) is 2. The third-order valence-corrected chi connectivity index (χ3v) is 6.36. The molecule has 178 valence electrons. The van der Waals surface area contributed by atoms with Crippen LogP contribution in [0.2, 0.25) is 0 Å². The lowest BCUT2D eigenvalue weighted by Crippen LogP contribution is -2.51. The van der Waals surface area contributed by atoms with Crippen LogP contribution in [0, 0.1) is 0 Å². The van der Waals surface area contributed by atoms with E-state index in [1.54, 1.807) is 41.8 Å². The highest BCUT2D eigenvalue weighted by molar-refractivity contribution is 7.12. The highest BCUT2D eigenvalue weighted by atomic mass is 32.1. The lowest BCUT2D eigenvalue weighted by molar-refractivity contribution is -0.155. The van der Waals surface area contributed by atoms with Crippen molar-refractivity contribution in [2.24, 2.45) is 0 Å². The van der Waals surface area contributed by atoms with E-state index in [1.807, 2.05) is 0 Å². The fraction of sp³-hybridized carbons (Fsp3) is 0.250. The molecular formula is C24H21F3N2O4S. The number of morpholine rings is 1. The summed E-state index contributed by atoms with van der Waals surface area (Å²) in [6.07, 6.45) is -5.54. The Labute approximate surface area is 197 Å². The summed E-state index contributed by atoms with van der Waals surface area (Å²) in [5.74, 6) is -0.604. The Balaban J connectivity index is 1.46. The van der Waals surface area contributed by atoms with Gasteiger partial charge in [0.05, 0.1) is 23.1 Å². The van der Waals surface area contributed by atoms with Crippen LogP contribution in [0.5, 0.6) is 0 Å². The molecule has 1 saturated heterocycles. The van der Waals surface area contributed by atoms with Gasteiger partial charge in [-0.2, -0.15) is 13.2 Å². The standard InChI is InChI=1S/C24H21F3N2O4S/c25-24(26,27)17-7-3-15(4-8-17)12-29-19(13-33-14-21(29)30)22(31)16-5-9-18(10-6-16)28-23(32)20-2-1-11-34-20/h1-11,19,22,31H,12-14H2,(H,28,32)/t19-,22-/m1/s1. The molecule has 2 aromatic carbocycles. The van der Waals surface area contributed by atoms with E-state index in [0.29, 0.717) is 21.7 Å². The molecule has 4 rings (SSSR count). The summed E-state index contributed by atoms with van der Waals surface area (Å²) in [5.41, 5.74) is 0.793. The van der Waals surface area contributed by atoms with Crippen molar-refractivity contribution < 1.29 is 32.6 Å². The first-order valence-corrected chi connectivity index (χ1v) is 11.3. The Morgan fingerprint density at radius 1 is 1.15 bits per heavy atom. The van der Waals surface area contributed by atoms with Crippen LogP contribution in [-0.4, -0.2) is 41.1 Å². The first kappa shape index (κ1) is 23.9. The normalized spacial score (nSPS) is 17.5. The van der Waals surface area contributed by atoms with Crippen LogP contribution in [0.4, 0.5) is 18.9 Å². The lowest BCUT2D eigenvalue weighted by atomic mass is 9.99. The number of benzene rings is 2. The molecule has 1 aromatic heterocycles. The van der Waals surface area contributed by atoms with Gasteiger partial charge >= 0.3 is 6.18 Å². The number of carbonyl (C=O) groups is 2. The topological polar surface area (TPSA) is 78.9 Å². The minimum Gasteiger partial charge on any atom is -0.386 e. The van der Waals surface area contributed by atoms with Crippen LogP contribution in [0.25, 0.3) is 0 Å². The van der Waals surface area contributed by atoms with E-state index in [9.17, 15) is 27.9 Å². The monoisotopic (exact) mass is 490 g/mol. The molecule has 0 unspecified atom stereocenters. The fourth-order valence-electron chi connectivity index (χ4n) is 3.67. The second kappa shape index (κ2) is 9.96. The zero-order chi connectivity index (χ0) is 24.3. The molecule has 1 aliphatic heterocycles. The molecule has 2 amide bonds. The number of nitrogens with zero attached hydrogens (tertiary/aromatic N) is 1. The van der Waals surface area contributed by atoms with Crippen molar-refractivity contribution in [1.29, 1.82) is 0 Å². The molecule has 1 fully saturated rings. The number of rotatable bonds is 6. The van der Waals surface area contributed by atoms with Gasteiger partial charge in [0.1, 0.15) is 12.7 Å². The quantitative estimate of drug-likeness (QED) is 0.534. The van der Waals surface area contributed by atoms with Gasteiger partial charge in [-0.1, -0.05) is 30.3 Å². The summed E-state index contributed by atoms with van der Waals surface area (Å²) in [5, 5.41) is 15.6. The SMILES string of the molecule is O=C(Nc1ccc([C@@H](O)[C@H]2COCC(=O)N2Cc2ccc(C(F)(F)F)cc2)cc1)c1cccs1.